The Morgan fingerprint density at radius 2 is 2.05 bits per heavy atom. The van der Waals surface area contributed by atoms with E-state index in [4.69, 9.17) is 4.98 Å². The van der Waals surface area contributed by atoms with Gasteiger partial charge in [-0.05, 0) is 38.1 Å². The van der Waals surface area contributed by atoms with Crippen LogP contribution in [0.1, 0.15) is 29.0 Å². The molecule has 1 aromatic heterocycles. The summed E-state index contributed by atoms with van der Waals surface area (Å²) in [6, 6.07) is 5.81. The van der Waals surface area contributed by atoms with Gasteiger partial charge in [-0.3, -0.25) is 9.69 Å². The minimum atomic E-state index is 0.0157. The number of nitrogens with one attached hydrogen (secondary N) is 1. The van der Waals surface area contributed by atoms with Crippen LogP contribution in [-0.4, -0.2) is 40.0 Å². The lowest BCUT2D eigenvalue weighted by molar-refractivity contribution is 0.0956. The number of carbonyl (C=O) groups is 1. The first-order valence-electron chi connectivity index (χ1n) is 7.31. The molecule has 5 nitrogen and oxygen atoms in total. The minimum Gasteiger partial charge on any atom is -0.350 e. The molecule has 1 N–H and O–H groups in total. The van der Waals surface area contributed by atoms with Crippen molar-refractivity contribution >= 4 is 16.9 Å². The lowest BCUT2D eigenvalue weighted by Crippen LogP contribution is -2.25. The zero-order valence-electron chi connectivity index (χ0n) is 11.4. The second-order valence-electron chi connectivity index (χ2n) is 5.59. The van der Waals surface area contributed by atoms with Crippen LogP contribution in [-0.2, 0) is 13.1 Å². The van der Waals surface area contributed by atoms with Gasteiger partial charge in [-0.25, -0.2) is 4.98 Å². The molecule has 0 aliphatic carbocycles. The molecule has 2 aliphatic rings. The lowest BCUT2D eigenvalue weighted by Gasteiger charge is -2.15. The van der Waals surface area contributed by atoms with Gasteiger partial charge in [0.15, 0.2) is 0 Å². The van der Waals surface area contributed by atoms with Gasteiger partial charge in [0.2, 0.25) is 0 Å². The predicted octanol–water partition coefficient (Wildman–Crippen LogP) is 1.38. The Bertz CT molecular complexity index is 670. The zero-order valence-corrected chi connectivity index (χ0v) is 11.4. The Labute approximate surface area is 117 Å². The van der Waals surface area contributed by atoms with E-state index in [0.717, 1.165) is 48.6 Å². The lowest BCUT2D eigenvalue weighted by atomic mass is 10.2. The number of aromatic nitrogens is 2. The van der Waals surface area contributed by atoms with E-state index in [-0.39, 0.29) is 5.91 Å². The molecule has 1 aromatic carbocycles. The van der Waals surface area contributed by atoms with Gasteiger partial charge in [0.25, 0.3) is 5.91 Å². The van der Waals surface area contributed by atoms with E-state index in [1.807, 2.05) is 18.2 Å². The largest absolute Gasteiger partial charge is 0.350 e. The third-order valence-electron chi connectivity index (χ3n) is 4.28. The second-order valence-corrected chi connectivity index (χ2v) is 5.59. The molecule has 0 spiro atoms. The Morgan fingerprint density at radius 1 is 1.20 bits per heavy atom. The molecular weight excluding hydrogens is 252 g/mol. The van der Waals surface area contributed by atoms with Crippen molar-refractivity contribution in [1.29, 1.82) is 0 Å². The predicted molar refractivity (Wildman–Crippen MR) is 76.6 cm³/mol. The molecule has 2 aliphatic heterocycles. The quantitative estimate of drug-likeness (QED) is 0.897. The number of benzene rings is 1. The fourth-order valence-electron chi connectivity index (χ4n) is 3.30. The van der Waals surface area contributed by atoms with Crippen LogP contribution in [0.25, 0.3) is 11.0 Å². The van der Waals surface area contributed by atoms with Gasteiger partial charge in [0, 0.05) is 13.1 Å². The summed E-state index contributed by atoms with van der Waals surface area (Å²) >= 11 is 0. The number of amides is 1. The molecule has 1 fully saturated rings. The van der Waals surface area contributed by atoms with Crippen molar-refractivity contribution in [3.05, 3.63) is 29.6 Å². The number of para-hydroxylation sites is 1. The number of nitrogens with zero attached hydrogens (tertiary/aromatic N) is 3. The highest BCUT2D eigenvalue weighted by molar-refractivity contribution is 6.05. The first-order valence-corrected chi connectivity index (χ1v) is 7.31. The maximum absolute atomic E-state index is 12.1. The molecule has 20 heavy (non-hydrogen) atoms. The molecule has 4 rings (SSSR count). The number of hydrogen-bond acceptors (Lipinski definition) is 3. The standard InChI is InChI=1S/C15H18N4O/c20-15-11-4-3-5-12-14(11)19(9-6-16-15)13(17-12)10-18-7-1-2-8-18/h3-5H,1-2,6-10H2,(H,16,20). The Balaban J connectivity index is 1.83. The van der Waals surface area contributed by atoms with Gasteiger partial charge in [-0.2, -0.15) is 0 Å². The van der Waals surface area contributed by atoms with Gasteiger partial charge in [-0.15, -0.1) is 0 Å². The third-order valence-corrected chi connectivity index (χ3v) is 4.28. The van der Waals surface area contributed by atoms with Gasteiger partial charge < -0.3 is 9.88 Å². The molecular formula is C15H18N4O. The summed E-state index contributed by atoms with van der Waals surface area (Å²) in [6.45, 7) is 4.69. The van der Waals surface area contributed by atoms with Crippen molar-refractivity contribution in [2.24, 2.45) is 0 Å². The summed E-state index contributed by atoms with van der Waals surface area (Å²) in [4.78, 5) is 19.3. The Morgan fingerprint density at radius 3 is 2.90 bits per heavy atom. The van der Waals surface area contributed by atoms with Crippen molar-refractivity contribution in [2.75, 3.05) is 19.6 Å². The second kappa shape index (κ2) is 4.59. The molecule has 0 atom stereocenters. The summed E-state index contributed by atoms with van der Waals surface area (Å²) in [6.07, 6.45) is 2.57. The first-order chi connectivity index (χ1) is 9.83. The van der Waals surface area contributed by atoms with E-state index in [2.05, 4.69) is 14.8 Å². The van der Waals surface area contributed by atoms with Gasteiger partial charge in [0.1, 0.15) is 5.82 Å². The van der Waals surface area contributed by atoms with Crippen LogP contribution in [0.15, 0.2) is 18.2 Å². The fraction of sp³-hybridized carbons (Fsp3) is 0.467. The first kappa shape index (κ1) is 11.9. The van der Waals surface area contributed by atoms with E-state index in [1.54, 1.807) is 0 Å². The molecule has 2 aromatic rings. The normalized spacial score (nSPS) is 19.3. The number of hydrogen-bond donors (Lipinski definition) is 1. The van der Waals surface area contributed by atoms with Crippen LogP contribution < -0.4 is 5.32 Å². The number of carbonyl (C=O) groups excluding carboxylic acids is 1. The van der Waals surface area contributed by atoms with Gasteiger partial charge in [0.05, 0.1) is 23.1 Å². The molecule has 3 heterocycles. The summed E-state index contributed by atoms with van der Waals surface area (Å²) < 4.78 is 2.22. The highest BCUT2D eigenvalue weighted by Crippen LogP contribution is 2.24. The molecule has 0 unspecified atom stereocenters. The van der Waals surface area contributed by atoms with E-state index < -0.39 is 0 Å². The molecule has 0 radical (unpaired) electrons. The maximum Gasteiger partial charge on any atom is 0.253 e. The fourth-order valence-corrected chi connectivity index (χ4v) is 3.30. The SMILES string of the molecule is O=C1NCCn2c(CN3CCCC3)nc3cccc1c32. The van der Waals surface area contributed by atoms with Crippen molar-refractivity contribution in [3.8, 4) is 0 Å². The van der Waals surface area contributed by atoms with E-state index in [9.17, 15) is 4.79 Å². The summed E-state index contributed by atoms with van der Waals surface area (Å²) in [5.41, 5.74) is 2.69. The van der Waals surface area contributed by atoms with Crippen LogP contribution >= 0.6 is 0 Å². The third kappa shape index (κ3) is 1.81. The van der Waals surface area contributed by atoms with Crippen LogP contribution in [0, 0.1) is 0 Å². The van der Waals surface area contributed by atoms with E-state index in [0.29, 0.717) is 6.54 Å². The monoisotopic (exact) mass is 270 g/mol. The van der Waals surface area contributed by atoms with Crippen molar-refractivity contribution < 1.29 is 4.79 Å². The van der Waals surface area contributed by atoms with Crippen LogP contribution in [0.5, 0.6) is 0 Å². The number of rotatable bonds is 2. The highest BCUT2D eigenvalue weighted by Gasteiger charge is 2.22. The number of likely N-dealkylation sites (tertiary alicyclic amines) is 1. The molecule has 0 bridgehead atoms. The van der Waals surface area contributed by atoms with Gasteiger partial charge >= 0.3 is 0 Å². The van der Waals surface area contributed by atoms with Crippen molar-refractivity contribution in [3.63, 3.8) is 0 Å². The molecule has 0 saturated carbocycles. The molecule has 1 saturated heterocycles. The van der Waals surface area contributed by atoms with Crippen LogP contribution in [0.2, 0.25) is 0 Å². The van der Waals surface area contributed by atoms with Crippen molar-refractivity contribution in [2.45, 2.75) is 25.9 Å². The highest BCUT2D eigenvalue weighted by atomic mass is 16.1. The van der Waals surface area contributed by atoms with Gasteiger partial charge in [-0.1, -0.05) is 6.07 Å². The number of imidazole rings is 1. The molecule has 1 amide bonds. The topological polar surface area (TPSA) is 50.2 Å². The molecule has 104 valence electrons. The smallest absolute Gasteiger partial charge is 0.253 e. The van der Waals surface area contributed by atoms with Crippen LogP contribution in [0.3, 0.4) is 0 Å². The van der Waals surface area contributed by atoms with E-state index >= 15 is 0 Å². The van der Waals surface area contributed by atoms with Crippen LogP contribution in [0.4, 0.5) is 0 Å². The van der Waals surface area contributed by atoms with E-state index in [1.165, 1.54) is 12.8 Å². The maximum atomic E-state index is 12.1. The summed E-state index contributed by atoms with van der Waals surface area (Å²) in [7, 11) is 0. The average molecular weight is 270 g/mol. The Hall–Kier alpha value is -1.88. The summed E-state index contributed by atoms with van der Waals surface area (Å²) in [5, 5.41) is 2.96. The van der Waals surface area contributed by atoms with Crippen molar-refractivity contribution in [1.82, 2.24) is 19.8 Å². The average Bonchev–Trinajstić information content (AvgIpc) is 3.03. The zero-order chi connectivity index (χ0) is 13.5. The summed E-state index contributed by atoms with van der Waals surface area (Å²) in [5.74, 6) is 1.10. The Kier molecular flexibility index (Phi) is 2.73. The minimum absolute atomic E-state index is 0.0157. The molecule has 5 heteroatoms.